The molecule has 5 heteroatoms. The molecule has 0 unspecified atom stereocenters. The molecular weight excluding hydrogens is 214 g/mol. The molecule has 15 heavy (non-hydrogen) atoms. The highest BCUT2D eigenvalue weighted by Gasteiger charge is 2.09. The Morgan fingerprint density at radius 3 is 2.93 bits per heavy atom. The number of hydrogen-bond acceptors (Lipinski definition) is 2. The van der Waals surface area contributed by atoms with Gasteiger partial charge in [0.05, 0.1) is 11.8 Å². The van der Waals surface area contributed by atoms with Gasteiger partial charge in [-0.25, -0.2) is 0 Å². The van der Waals surface area contributed by atoms with Crippen LogP contribution in [0.3, 0.4) is 0 Å². The van der Waals surface area contributed by atoms with Crippen molar-refractivity contribution in [2.45, 2.75) is 26.2 Å². The molecule has 0 atom stereocenters. The molecule has 0 spiro atoms. The number of carbonyl (C=O) groups is 1. The van der Waals surface area contributed by atoms with Crippen LogP contribution in [0.5, 0.6) is 0 Å². The number of carbonyl (C=O) groups excluding carboxylic acids is 1. The van der Waals surface area contributed by atoms with E-state index in [9.17, 15) is 4.79 Å². The third-order valence-electron chi connectivity index (χ3n) is 2.17. The molecule has 0 saturated carbocycles. The van der Waals surface area contributed by atoms with Crippen molar-refractivity contribution in [3.05, 3.63) is 17.5 Å². The number of amides is 1. The molecule has 0 saturated heterocycles. The molecule has 2 N–H and O–H groups in total. The molecular formula is C10H16ClN3O. The SMILES string of the molecule is Cc1[nH]ncc1C(=O)NCCCCCCl. The maximum atomic E-state index is 11.6. The van der Waals surface area contributed by atoms with Crippen LogP contribution in [0.4, 0.5) is 0 Å². The van der Waals surface area contributed by atoms with E-state index in [0.717, 1.165) is 25.0 Å². The van der Waals surface area contributed by atoms with Gasteiger partial charge in [0.25, 0.3) is 5.91 Å². The lowest BCUT2D eigenvalue weighted by Gasteiger charge is -2.03. The molecule has 0 aliphatic heterocycles. The van der Waals surface area contributed by atoms with Gasteiger partial charge in [0.2, 0.25) is 0 Å². The van der Waals surface area contributed by atoms with Crippen molar-refractivity contribution in [1.29, 1.82) is 0 Å². The highest BCUT2D eigenvalue weighted by molar-refractivity contribution is 6.17. The largest absolute Gasteiger partial charge is 0.352 e. The number of alkyl halides is 1. The van der Waals surface area contributed by atoms with Crippen molar-refractivity contribution in [3.63, 3.8) is 0 Å². The number of unbranched alkanes of at least 4 members (excludes halogenated alkanes) is 2. The molecule has 0 radical (unpaired) electrons. The number of aromatic amines is 1. The molecule has 0 aromatic carbocycles. The van der Waals surface area contributed by atoms with E-state index in [-0.39, 0.29) is 5.91 Å². The molecule has 1 amide bonds. The number of H-pyrrole nitrogens is 1. The number of rotatable bonds is 6. The number of nitrogens with zero attached hydrogens (tertiary/aromatic N) is 1. The van der Waals surface area contributed by atoms with Crippen molar-refractivity contribution in [3.8, 4) is 0 Å². The summed E-state index contributed by atoms with van der Waals surface area (Å²) in [5, 5.41) is 9.37. The molecule has 0 bridgehead atoms. The minimum absolute atomic E-state index is 0.0628. The molecule has 1 aromatic rings. The topological polar surface area (TPSA) is 57.8 Å². The summed E-state index contributed by atoms with van der Waals surface area (Å²) in [6, 6.07) is 0. The van der Waals surface area contributed by atoms with Gasteiger partial charge in [-0.1, -0.05) is 6.42 Å². The zero-order valence-electron chi connectivity index (χ0n) is 8.85. The first-order chi connectivity index (χ1) is 7.25. The van der Waals surface area contributed by atoms with Crippen LogP contribution in [0.1, 0.15) is 35.3 Å². The van der Waals surface area contributed by atoms with Crippen molar-refractivity contribution >= 4 is 17.5 Å². The summed E-state index contributed by atoms with van der Waals surface area (Å²) in [7, 11) is 0. The van der Waals surface area contributed by atoms with E-state index < -0.39 is 0 Å². The van der Waals surface area contributed by atoms with Gasteiger partial charge in [-0.05, 0) is 19.8 Å². The Bertz CT molecular complexity index is 311. The maximum absolute atomic E-state index is 11.6. The molecule has 1 aromatic heterocycles. The zero-order valence-corrected chi connectivity index (χ0v) is 9.60. The van der Waals surface area contributed by atoms with Gasteiger partial charge in [-0.2, -0.15) is 5.10 Å². The number of hydrogen-bond donors (Lipinski definition) is 2. The normalized spacial score (nSPS) is 10.3. The van der Waals surface area contributed by atoms with Gasteiger partial charge in [0.15, 0.2) is 0 Å². The van der Waals surface area contributed by atoms with Gasteiger partial charge >= 0.3 is 0 Å². The zero-order chi connectivity index (χ0) is 11.1. The Balaban J connectivity index is 2.22. The molecule has 0 fully saturated rings. The second-order valence-electron chi connectivity index (χ2n) is 3.41. The Labute approximate surface area is 94.4 Å². The quantitative estimate of drug-likeness (QED) is 0.578. The third-order valence-corrected chi connectivity index (χ3v) is 2.44. The number of aromatic nitrogens is 2. The van der Waals surface area contributed by atoms with Gasteiger partial charge in [-0.3, -0.25) is 9.89 Å². The average Bonchev–Trinajstić information content (AvgIpc) is 2.64. The Hall–Kier alpha value is -1.03. The van der Waals surface area contributed by atoms with Crippen LogP contribution in [0, 0.1) is 6.92 Å². The van der Waals surface area contributed by atoms with Gasteiger partial charge in [0.1, 0.15) is 0 Å². The second-order valence-corrected chi connectivity index (χ2v) is 3.79. The van der Waals surface area contributed by atoms with E-state index in [4.69, 9.17) is 11.6 Å². The summed E-state index contributed by atoms with van der Waals surface area (Å²) in [6.07, 6.45) is 4.56. The monoisotopic (exact) mass is 229 g/mol. The maximum Gasteiger partial charge on any atom is 0.254 e. The van der Waals surface area contributed by atoms with Crippen LogP contribution >= 0.6 is 11.6 Å². The van der Waals surface area contributed by atoms with E-state index in [0.29, 0.717) is 18.0 Å². The summed E-state index contributed by atoms with van der Waals surface area (Å²) in [6.45, 7) is 2.52. The number of nitrogens with one attached hydrogen (secondary N) is 2. The summed E-state index contributed by atoms with van der Waals surface area (Å²) < 4.78 is 0. The Morgan fingerprint density at radius 1 is 1.53 bits per heavy atom. The average molecular weight is 230 g/mol. The lowest BCUT2D eigenvalue weighted by molar-refractivity contribution is 0.0952. The molecule has 1 rings (SSSR count). The van der Waals surface area contributed by atoms with Crippen LogP contribution in [0.2, 0.25) is 0 Å². The fourth-order valence-electron chi connectivity index (χ4n) is 1.27. The number of aryl methyl sites for hydroxylation is 1. The summed E-state index contributed by atoms with van der Waals surface area (Å²) in [5.74, 6) is 0.626. The second kappa shape index (κ2) is 6.45. The van der Waals surface area contributed by atoms with E-state index in [1.54, 1.807) is 6.20 Å². The van der Waals surface area contributed by atoms with Crippen molar-refractivity contribution in [1.82, 2.24) is 15.5 Å². The molecule has 4 nitrogen and oxygen atoms in total. The minimum atomic E-state index is -0.0628. The smallest absolute Gasteiger partial charge is 0.254 e. The molecule has 84 valence electrons. The predicted octanol–water partition coefficient (Wildman–Crippen LogP) is 1.86. The Kier molecular flexibility index (Phi) is 5.18. The summed E-state index contributed by atoms with van der Waals surface area (Å²) in [4.78, 5) is 11.6. The highest BCUT2D eigenvalue weighted by atomic mass is 35.5. The lowest BCUT2D eigenvalue weighted by atomic mass is 10.2. The minimum Gasteiger partial charge on any atom is -0.352 e. The van der Waals surface area contributed by atoms with E-state index in [2.05, 4.69) is 15.5 Å². The van der Waals surface area contributed by atoms with Crippen LogP contribution < -0.4 is 5.32 Å². The van der Waals surface area contributed by atoms with Crippen LogP contribution in [0.25, 0.3) is 0 Å². The summed E-state index contributed by atoms with van der Waals surface area (Å²) in [5.41, 5.74) is 1.42. The van der Waals surface area contributed by atoms with E-state index in [1.807, 2.05) is 6.92 Å². The van der Waals surface area contributed by atoms with E-state index >= 15 is 0 Å². The van der Waals surface area contributed by atoms with Gasteiger partial charge in [-0.15, -0.1) is 11.6 Å². The van der Waals surface area contributed by atoms with E-state index in [1.165, 1.54) is 0 Å². The van der Waals surface area contributed by atoms with Crippen LogP contribution in [0.15, 0.2) is 6.20 Å². The molecule has 0 aliphatic rings. The fourth-order valence-corrected chi connectivity index (χ4v) is 1.46. The van der Waals surface area contributed by atoms with Crippen molar-refractivity contribution < 1.29 is 4.79 Å². The van der Waals surface area contributed by atoms with Crippen molar-refractivity contribution in [2.24, 2.45) is 0 Å². The van der Waals surface area contributed by atoms with Gasteiger partial charge < -0.3 is 5.32 Å². The first-order valence-electron chi connectivity index (χ1n) is 5.10. The fraction of sp³-hybridized carbons (Fsp3) is 0.600. The Morgan fingerprint density at radius 2 is 2.33 bits per heavy atom. The number of halogens is 1. The molecule has 1 heterocycles. The van der Waals surface area contributed by atoms with Crippen LogP contribution in [-0.4, -0.2) is 28.5 Å². The first-order valence-corrected chi connectivity index (χ1v) is 5.63. The van der Waals surface area contributed by atoms with Gasteiger partial charge in [0, 0.05) is 18.1 Å². The van der Waals surface area contributed by atoms with Crippen molar-refractivity contribution in [2.75, 3.05) is 12.4 Å². The summed E-state index contributed by atoms with van der Waals surface area (Å²) >= 11 is 5.55. The third kappa shape index (κ3) is 3.91. The predicted molar refractivity (Wildman–Crippen MR) is 60.2 cm³/mol. The van der Waals surface area contributed by atoms with Crippen LogP contribution in [-0.2, 0) is 0 Å². The lowest BCUT2D eigenvalue weighted by Crippen LogP contribution is -2.24. The highest BCUT2D eigenvalue weighted by Crippen LogP contribution is 2.02. The molecule has 0 aliphatic carbocycles. The first kappa shape index (κ1) is 12.0. The standard InChI is InChI=1S/C10H16ClN3O/c1-8-9(7-13-14-8)10(15)12-6-4-2-3-5-11/h7H,2-6H2,1H3,(H,12,15)(H,13,14).